The smallest absolute Gasteiger partial charge is 0.267 e. The van der Waals surface area contributed by atoms with Crippen molar-refractivity contribution in [1.82, 2.24) is 15.1 Å². The van der Waals surface area contributed by atoms with Crippen LogP contribution in [0.15, 0.2) is 58.5 Å². The number of benzene rings is 2. The molecule has 166 valence electrons. The highest BCUT2D eigenvalue weighted by molar-refractivity contribution is 7.92. The number of nitrogens with one attached hydrogen (secondary N) is 1. The van der Waals surface area contributed by atoms with Gasteiger partial charge in [-0.3, -0.25) is 9.40 Å². The number of aromatic amines is 1. The summed E-state index contributed by atoms with van der Waals surface area (Å²) in [6.07, 6.45) is 1.36. The fourth-order valence-corrected chi connectivity index (χ4v) is 6.08. The van der Waals surface area contributed by atoms with Crippen LogP contribution in [0.3, 0.4) is 0 Å². The minimum atomic E-state index is -4.28. The lowest BCUT2D eigenvalue weighted by Gasteiger charge is -2.44. The van der Waals surface area contributed by atoms with Crippen molar-refractivity contribution in [3.8, 4) is 0 Å². The first kappa shape index (κ1) is 20.7. The number of hydrogen-bond donors (Lipinski definition) is 3. The molecule has 3 heterocycles. The number of aliphatic imine (C=N–C) groups is 1. The topological polar surface area (TPSA) is 134 Å². The molecule has 0 saturated carbocycles. The molecule has 9 nitrogen and oxygen atoms in total. The zero-order valence-corrected chi connectivity index (χ0v) is 18.2. The van der Waals surface area contributed by atoms with Crippen molar-refractivity contribution in [1.29, 1.82) is 0 Å². The zero-order valence-electron chi connectivity index (χ0n) is 16.6. The Morgan fingerprint density at radius 1 is 1.19 bits per heavy atom. The molecule has 0 saturated heterocycles. The Kier molecular flexibility index (Phi) is 4.84. The number of nitrogens with two attached hydrogens (primary N) is 2. The van der Waals surface area contributed by atoms with Gasteiger partial charge in [0.1, 0.15) is 11.1 Å². The van der Waals surface area contributed by atoms with Crippen molar-refractivity contribution < 1.29 is 12.8 Å². The number of para-hydroxylation sites is 1. The van der Waals surface area contributed by atoms with Crippen LogP contribution < -0.4 is 15.8 Å². The Hall–Kier alpha value is -3.15. The van der Waals surface area contributed by atoms with E-state index in [0.29, 0.717) is 23.5 Å². The van der Waals surface area contributed by atoms with Crippen LogP contribution in [0.5, 0.6) is 0 Å². The fraction of sp³-hybridized carbons (Fsp3) is 0.200. The largest absolute Gasteiger partial charge is 0.369 e. The third-order valence-electron chi connectivity index (χ3n) is 5.73. The Morgan fingerprint density at radius 2 is 1.97 bits per heavy atom. The second-order valence-electron chi connectivity index (χ2n) is 7.57. The number of sulfonamides is 1. The van der Waals surface area contributed by atoms with E-state index in [4.69, 9.17) is 23.1 Å². The van der Waals surface area contributed by atoms with Gasteiger partial charge in [0.15, 0.2) is 17.6 Å². The average molecular weight is 476 g/mol. The number of nitrogens with zero attached hydrogens (tertiary/aromatic N) is 4. The van der Waals surface area contributed by atoms with E-state index in [1.165, 1.54) is 22.5 Å². The molecule has 0 radical (unpaired) electrons. The van der Waals surface area contributed by atoms with E-state index < -0.39 is 32.9 Å². The van der Waals surface area contributed by atoms with E-state index in [1.54, 1.807) is 23.2 Å². The summed E-state index contributed by atoms with van der Waals surface area (Å²) >= 11 is 5.86. The molecule has 2 aliphatic heterocycles. The van der Waals surface area contributed by atoms with Crippen molar-refractivity contribution in [2.75, 3.05) is 10.8 Å². The molecular weight excluding hydrogens is 457 g/mol. The number of guanidine groups is 1. The summed E-state index contributed by atoms with van der Waals surface area (Å²) in [5, 5.41) is 6.43. The minimum Gasteiger partial charge on any atom is -0.369 e. The van der Waals surface area contributed by atoms with E-state index in [2.05, 4.69) is 15.2 Å². The van der Waals surface area contributed by atoms with Gasteiger partial charge in [0.2, 0.25) is 0 Å². The second-order valence-corrected chi connectivity index (χ2v) is 9.81. The number of H-pyrrole nitrogens is 1. The molecule has 2 aliphatic rings. The van der Waals surface area contributed by atoms with Gasteiger partial charge in [-0.25, -0.2) is 12.8 Å². The maximum Gasteiger partial charge on any atom is 0.267 e. The summed E-state index contributed by atoms with van der Waals surface area (Å²) in [6, 6.07) is 10.5. The first-order chi connectivity index (χ1) is 15.3. The number of hydrogen-bond acceptors (Lipinski definition) is 7. The van der Waals surface area contributed by atoms with Crippen LogP contribution in [-0.4, -0.2) is 42.1 Å². The molecule has 1 aromatic heterocycles. The van der Waals surface area contributed by atoms with Gasteiger partial charge < -0.3 is 16.4 Å². The summed E-state index contributed by atoms with van der Waals surface area (Å²) in [6.45, 7) is -0.0115. The van der Waals surface area contributed by atoms with Crippen LogP contribution in [-0.2, 0) is 16.4 Å². The maximum absolute atomic E-state index is 14.7. The number of anilines is 1. The Balaban J connectivity index is 1.60. The standard InChI is InChI=1S/C20H19ClFN7O2S/c21-14-5-3-7-16(17(14)22)32(30,31)28-10-12(8-11-4-1-2-6-15(11)28)29-18(23)13-9-25-27-19(13)26-20(29)24/h1-7,9,12,18H,8,10,23H2,(H3,24,25,26,27). The minimum absolute atomic E-state index is 0.0115. The molecule has 0 aliphatic carbocycles. The Bertz CT molecular complexity index is 1340. The first-order valence-electron chi connectivity index (χ1n) is 9.75. The summed E-state index contributed by atoms with van der Waals surface area (Å²) in [5.74, 6) is -0.384. The van der Waals surface area contributed by atoms with E-state index in [-0.39, 0.29) is 17.5 Å². The normalized spacial score (nSPS) is 20.5. The van der Waals surface area contributed by atoms with Gasteiger partial charge in [-0.15, -0.1) is 0 Å². The van der Waals surface area contributed by atoms with Gasteiger partial charge in [-0.1, -0.05) is 35.9 Å². The molecule has 0 fully saturated rings. The quantitative estimate of drug-likeness (QED) is 0.532. The van der Waals surface area contributed by atoms with Crippen LogP contribution in [0.4, 0.5) is 15.9 Å². The summed E-state index contributed by atoms with van der Waals surface area (Å²) in [7, 11) is -4.28. The molecule has 0 amide bonds. The van der Waals surface area contributed by atoms with Crippen LogP contribution >= 0.6 is 11.6 Å². The third kappa shape index (κ3) is 3.12. The van der Waals surface area contributed by atoms with E-state index in [0.717, 1.165) is 5.56 Å². The van der Waals surface area contributed by atoms with Crippen molar-refractivity contribution in [2.45, 2.75) is 23.5 Å². The summed E-state index contributed by atoms with van der Waals surface area (Å²) in [4.78, 5) is 5.49. The van der Waals surface area contributed by atoms with Crippen molar-refractivity contribution >= 4 is 39.1 Å². The first-order valence-corrected chi connectivity index (χ1v) is 11.6. The molecule has 0 bridgehead atoms. The molecule has 12 heteroatoms. The lowest BCUT2D eigenvalue weighted by molar-refractivity contribution is 0.233. The second kappa shape index (κ2) is 7.47. The van der Waals surface area contributed by atoms with Crippen LogP contribution in [0.25, 0.3) is 0 Å². The van der Waals surface area contributed by atoms with E-state index in [1.807, 2.05) is 12.1 Å². The van der Waals surface area contributed by atoms with Crippen LogP contribution in [0.1, 0.15) is 17.3 Å². The number of rotatable bonds is 3. The maximum atomic E-state index is 14.7. The van der Waals surface area contributed by atoms with Gasteiger partial charge >= 0.3 is 0 Å². The lowest BCUT2D eigenvalue weighted by Crippen LogP contribution is -2.57. The van der Waals surface area contributed by atoms with Crippen molar-refractivity contribution in [3.05, 3.63) is 70.6 Å². The summed E-state index contributed by atoms with van der Waals surface area (Å²) in [5.41, 5.74) is 14.5. The molecular formula is C20H19ClFN7O2S. The van der Waals surface area contributed by atoms with Gasteiger partial charge in [0.25, 0.3) is 10.0 Å². The zero-order chi connectivity index (χ0) is 22.6. The van der Waals surface area contributed by atoms with E-state index in [9.17, 15) is 12.8 Å². The highest BCUT2D eigenvalue weighted by Gasteiger charge is 2.40. The number of halogens is 2. The Labute approximate surface area is 188 Å². The van der Waals surface area contributed by atoms with Gasteiger partial charge in [-0.2, -0.15) is 10.1 Å². The SMILES string of the molecule is NC1=Nc2[nH]ncc2C(N)N1C1Cc2ccccc2N(S(=O)(=O)c2cccc(Cl)c2F)C1. The number of aromatic nitrogens is 2. The van der Waals surface area contributed by atoms with E-state index >= 15 is 0 Å². The molecule has 32 heavy (non-hydrogen) atoms. The third-order valence-corrected chi connectivity index (χ3v) is 7.82. The van der Waals surface area contributed by atoms with Gasteiger partial charge in [0, 0.05) is 0 Å². The highest BCUT2D eigenvalue weighted by atomic mass is 35.5. The predicted octanol–water partition coefficient (Wildman–Crippen LogP) is 2.24. The molecule has 2 aromatic carbocycles. The van der Waals surface area contributed by atoms with Crippen molar-refractivity contribution in [2.24, 2.45) is 16.5 Å². The fourth-order valence-electron chi connectivity index (χ4n) is 4.22. The monoisotopic (exact) mass is 475 g/mol. The molecule has 5 N–H and O–H groups in total. The summed E-state index contributed by atoms with van der Waals surface area (Å²) < 4.78 is 43.0. The average Bonchev–Trinajstić information content (AvgIpc) is 3.23. The van der Waals surface area contributed by atoms with Crippen LogP contribution in [0.2, 0.25) is 5.02 Å². The van der Waals surface area contributed by atoms with Gasteiger partial charge in [0.05, 0.1) is 35.1 Å². The lowest BCUT2D eigenvalue weighted by atomic mass is 9.97. The van der Waals surface area contributed by atoms with Crippen LogP contribution in [0, 0.1) is 5.82 Å². The highest BCUT2D eigenvalue weighted by Crippen LogP contribution is 2.38. The molecule has 2 atom stereocenters. The molecule has 3 aromatic rings. The van der Waals surface area contributed by atoms with Gasteiger partial charge in [-0.05, 0) is 30.2 Å². The Morgan fingerprint density at radius 3 is 2.78 bits per heavy atom. The molecule has 0 spiro atoms. The number of fused-ring (bicyclic) bond motifs is 2. The van der Waals surface area contributed by atoms with Crippen molar-refractivity contribution in [3.63, 3.8) is 0 Å². The molecule has 2 unspecified atom stereocenters. The predicted molar refractivity (Wildman–Crippen MR) is 119 cm³/mol. The molecule has 5 rings (SSSR count).